The van der Waals surface area contributed by atoms with Crippen molar-refractivity contribution in [2.24, 2.45) is 0 Å². The molecule has 9 heteroatoms. The Hall–Kier alpha value is -2.78. The number of hydrogen-bond acceptors (Lipinski definition) is 6. The number of sulfonamides is 1. The fraction of sp³-hybridized carbons (Fsp3) is 0.350. The Bertz CT molecular complexity index is 1010. The van der Waals surface area contributed by atoms with Crippen molar-refractivity contribution in [2.75, 3.05) is 25.1 Å². The summed E-state index contributed by atoms with van der Waals surface area (Å²) in [5, 5.41) is 2.68. The maximum absolute atomic E-state index is 12.6. The van der Waals surface area contributed by atoms with Gasteiger partial charge in [-0.05, 0) is 56.7 Å². The lowest BCUT2D eigenvalue weighted by Crippen LogP contribution is -2.41. The molecule has 0 unspecified atom stereocenters. The quantitative estimate of drug-likeness (QED) is 0.713. The highest BCUT2D eigenvalue weighted by Gasteiger charge is 2.23. The normalized spacial score (nSPS) is 14.2. The summed E-state index contributed by atoms with van der Waals surface area (Å²) < 4.78 is 44.0. The van der Waals surface area contributed by atoms with Crippen molar-refractivity contribution in [3.63, 3.8) is 0 Å². The molecule has 0 radical (unpaired) electrons. The van der Waals surface area contributed by atoms with Crippen LogP contribution in [0.5, 0.6) is 17.2 Å². The van der Waals surface area contributed by atoms with Crippen molar-refractivity contribution in [3.05, 3.63) is 42.0 Å². The van der Waals surface area contributed by atoms with Crippen molar-refractivity contribution < 1.29 is 27.4 Å². The molecule has 0 spiro atoms. The van der Waals surface area contributed by atoms with Crippen LogP contribution in [0.15, 0.2) is 41.3 Å². The number of anilines is 1. The molecule has 1 heterocycles. The minimum Gasteiger partial charge on any atom is -0.494 e. The molecule has 1 aliphatic rings. The zero-order valence-corrected chi connectivity index (χ0v) is 17.3. The molecule has 0 saturated carbocycles. The first-order chi connectivity index (χ1) is 13.8. The van der Waals surface area contributed by atoms with Gasteiger partial charge in [0.1, 0.15) is 19.0 Å². The fourth-order valence-corrected chi connectivity index (χ4v) is 4.12. The lowest BCUT2D eigenvalue weighted by molar-refractivity contribution is -0.117. The summed E-state index contributed by atoms with van der Waals surface area (Å²) in [6.07, 6.45) is 0. The van der Waals surface area contributed by atoms with Crippen LogP contribution in [0.3, 0.4) is 0 Å². The lowest BCUT2D eigenvalue weighted by atomic mass is 10.2. The summed E-state index contributed by atoms with van der Waals surface area (Å²) >= 11 is 0. The molecule has 1 amide bonds. The summed E-state index contributed by atoms with van der Waals surface area (Å²) in [5.74, 6) is 1.27. The number of ether oxygens (including phenoxy) is 3. The Morgan fingerprint density at radius 2 is 1.86 bits per heavy atom. The van der Waals surface area contributed by atoms with Gasteiger partial charge >= 0.3 is 0 Å². The Balaban J connectivity index is 1.67. The predicted octanol–water partition coefficient (Wildman–Crippen LogP) is 2.47. The van der Waals surface area contributed by atoms with Crippen molar-refractivity contribution in [2.45, 2.75) is 31.7 Å². The molecule has 2 aromatic carbocycles. The van der Waals surface area contributed by atoms with Crippen molar-refractivity contribution in [1.29, 1.82) is 0 Å². The van der Waals surface area contributed by atoms with Crippen molar-refractivity contribution >= 4 is 21.6 Å². The average molecular weight is 420 g/mol. The third-order valence-corrected chi connectivity index (χ3v) is 5.83. The number of nitrogens with one attached hydrogen (secondary N) is 2. The number of fused-ring (bicyclic) bond motifs is 1. The lowest BCUT2D eigenvalue weighted by Gasteiger charge is -2.20. The van der Waals surface area contributed by atoms with Gasteiger partial charge in [-0.15, -0.1) is 0 Å². The van der Waals surface area contributed by atoms with Gasteiger partial charge in [0, 0.05) is 11.8 Å². The molecular weight excluding hydrogens is 396 g/mol. The van der Waals surface area contributed by atoms with Crippen LogP contribution in [0, 0.1) is 6.92 Å². The Kier molecular flexibility index (Phi) is 6.29. The largest absolute Gasteiger partial charge is 0.494 e. The van der Waals surface area contributed by atoms with E-state index in [0.29, 0.717) is 48.3 Å². The van der Waals surface area contributed by atoms with Crippen molar-refractivity contribution in [1.82, 2.24) is 4.72 Å². The molecule has 29 heavy (non-hydrogen) atoms. The van der Waals surface area contributed by atoms with E-state index in [-0.39, 0.29) is 4.90 Å². The van der Waals surface area contributed by atoms with Gasteiger partial charge in [0.2, 0.25) is 15.9 Å². The first kappa shape index (κ1) is 20.9. The number of hydrogen-bond donors (Lipinski definition) is 2. The van der Waals surface area contributed by atoms with E-state index in [1.54, 1.807) is 31.2 Å². The minimum absolute atomic E-state index is 0.0671. The van der Waals surface area contributed by atoms with Gasteiger partial charge in [0.15, 0.2) is 11.5 Å². The summed E-state index contributed by atoms with van der Waals surface area (Å²) in [5.41, 5.74) is 1.19. The van der Waals surface area contributed by atoms with E-state index in [0.717, 1.165) is 0 Å². The van der Waals surface area contributed by atoms with Gasteiger partial charge in [-0.2, -0.15) is 4.72 Å². The number of amides is 1. The standard InChI is InChI=1S/C20H24N2O6S/c1-4-26-17-8-6-16(11-13(17)2)29(24,25)22-14(3)20(23)21-15-5-7-18-19(12-15)28-10-9-27-18/h5-8,11-12,14,22H,4,9-10H2,1-3H3,(H,21,23)/t14-/m0/s1. The molecule has 0 bridgehead atoms. The van der Waals surface area contributed by atoms with Crippen LogP contribution in [-0.4, -0.2) is 40.2 Å². The molecule has 2 N–H and O–H groups in total. The highest BCUT2D eigenvalue weighted by molar-refractivity contribution is 7.89. The Morgan fingerprint density at radius 1 is 1.14 bits per heavy atom. The monoisotopic (exact) mass is 420 g/mol. The maximum atomic E-state index is 12.6. The topological polar surface area (TPSA) is 103 Å². The number of carbonyl (C=O) groups excluding carboxylic acids is 1. The zero-order chi connectivity index (χ0) is 21.0. The molecular formula is C20H24N2O6S. The van der Waals surface area contributed by atoms with Gasteiger partial charge in [-0.25, -0.2) is 8.42 Å². The van der Waals surface area contributed by atoms with Gasteiger partial charge < -0.3 is 19.5 Å². The molecule has 1 atom stereocenters. The molecule has 2 aromatic rings. The summed E-state index contributed by atoms with van der Waals surface area (Å²) in [4.78, 5) is 12.5. The number of aryl methyl sites for hydroxylation is 1. The van der Waals surface area contributed by atoms with E-state index in [2.05, 4.69) is 10.0 Å². The van der Waals surface area contributed by atoms with Gasteiger partial charge in [-0.3, -0.25) is 4.79 Å². The van der Waals surface area contributed by atoms with Gasteiger partial charge in [0.05, 0.1) is 17.5 Å². The average Bonchev–Trinajstić information content (AvgIpc) is 2.69. The SMILES string of the molecule is CCOc1ccc(S(=O)(=O)N[C@@H](C)C(=O)Nc2ccc3c(c2)OCCO3)cc1C. The molecule has 0 aliphatic carbocycles. The van der Waals surface area contributed by atoms with Crippen LogP contribution in [0.1, 0.15) is 19.4 Å². The molecule has 8 nitrogen and oxygen atoms in total. The van der Waals surface area contributed by atoms with Crippen LogP contribution in [0.25, 0.3) is 0 Å². The third kappa shape index (κ3) is 4.99. The second-order valence-electron chi connectivity index (χ2n) is 6.55. The minimum atomic E-state index is -3.88. The van der Waals surface area contributed by atoms with Gasteiger partial charge in [0.25, 0.3) is 0 Å². The second kappa shape index (κ2) is 8.71. The summed E-state index contributed by atoms with van der Waals surface area (Å²) in [6, 6.07) is 8.59. The van der Waals surface area contributed by atoms with E-state index in [4.69, 9.17) is 14.2 Å². The fourth-order valence-electron chi connectivity index (χ4n) is 2.83. The number of rotatable bonds is 7. The highest BCUT2D eigenvalue weighted by Crippen LogP contribution is 2.32. The van der Waals surface area contributed by atoms with Crippen LogP contribution in [0.2, 0.25) is 0 Å². The number of carbonyl (C=O) groups is 1. The van der Waals surface area contributed by atoms with E-state index in [1.807, 2.05) is 6.92 Å². The second-order valence-corrected chi connectivity index (χ2v) is 8.26. The van der Waals surface area contributed by atoms with Crippen molar-refractivity contribution in [3.8, 4) is 17.2 Å². The van der Waals surface area contributed by atoms with Crippen LogP contribution >= 0.6 is 0 Å². The van der Waals surface area contributed by atoms with Crippen LogP contribution < -0.4 is 24.2 Å². The van der Waals surface area contributed by atoms with Crippen LogP contribution in [-0.2, 0) is 14.8 Å². The molecule has 1 aliphatic heterocycles. The van der Waals surface area contributed by atoms with E-state index < -0.39 is 22.0 Å². The smallest absolute Gasteiger partial charge is 0.242 e. The van der Waals surface area contributed by atoms with E-state index in [1.165, 1.54) is 19.1 Å². The zero-order valence-electron chi connectivity index (χ0n) is 16.5. The van der Waals surface area contributed by atoms with Crippen LogP contribution in [0.4, 0.5) is 5.69 Å². The Labute approximate surface area is 170 Å². The molecule has 0 aromatic heterocycles. The predicted molar refractivity (Wildman–Crippen MR) is 108 cm³/mol. The molecule has 3 rings (SSSR count). The first-order valence-corrected chi connectivity index (χ1v) is 10.7. The maximum Gasteiger partial charge on any atom is 0.242 e. The highest BCUT2D eigenvalue weighted by atomic mass is 32.2. The third-order valence-electron chi connectivity index (χ3n) is 4.29. The van der Waals surface area contributed by atoms with E-state index in [9.17, 15) is 13.2 Å². The number of benzene rings is 2. The Morgan fingerprint density at radius 3 is 2.55 bits per heavy atom. The summed E-state index contributed by atoms with van der Waals surface area (Å²) in [7, 11) is -3.88. The summed E-state index contributed by atoms with van der Waals surface area (Å²) in [6.45, 7) is 6.49. The van der Waals surface area contributed by atoms with E-state index >= 15 is 0 Å². The first-order valence-electron chi connectivity index (χ1n) is 9.26. The molecule has 156 valence electrons. The molecule has 0 fully saturated rings. The van der Waals surface area contributed by atoms with Gasteiger partial charge in [-0.1, -0.05) is 0 Å². The molecule has 0 saturated heterocycles.